The third-order valence-electron chi connectivity index (χ3n) is 4.46. The zero-order valence-corrected chi connectivity index (χ0v) is 15.9. The van der Waals surface area contributed by atoms with Crippen molar-refractivity contribution in [3.63, 3.8) is 0 Å². The maximum atomic E-state index is 13.2. The summed E-state index contributed by atoms with van der Waals surface area (Å²) in [4.78, 5) is 28.3. The number of hydrogen-bond donors (Lipinski definition) is 3. The number of pyridine rings is 1. The lowest BCUT2D eigenvalue weighted by Crippen LogP contribution is -2.49. The lowest BCUT2D eigenvalue weighted by molar-refractivity contribution is -0.125. The molecule has 1 aromatic carbocycles. The average molecular weight is 417 g/mol. The van der Waals surface area contributed by atoms with E-state index >= 15 is 0 Å². The molecule has 2 aromatic rings. The van der Waals surface area contributed by atoms with E-state index < -0.39 is 35.8 Å². The van der Waals surface area contributed by atoms with Crippen LogP contribution in [-0.2, 0) is 16.1 Å². The van der Waals surface area contributed by atoms with Crippen molar-refractivity contribution in [2.75, 3.05) is 6.61 Å². The van der Waals surface area contributed by atoms with Crippen LogP contribution in [0.3, 0.4) is 0 Å². The number of carbonyl (C=O) groups is 2. The molecule has 0 fully saturated rings. The van der Waals surface area contributed by atoms with E-state index in [1.165, 1.54) is 6.20 Å². The van der Waals surface area contributed by atoms with Gasteiger partial charge in [0.25, 0.3) is 5.91 Å². The molecular weight excluding hydrogens is 396 g/mol. The molecule has 0 aliphatic carbocycles. The molecule has 7 nitrogen and oxygen atoms in total. The Morgan fingerprint density at radius 2 is 1.90 bits per heavy atom. The number of carbonyl (C=O) groups excluding carboxylic acids is 2. The molecule has 1 aromatic heterocycles. The molecule has 1 aliphatic heterocycles. The molecule has 3 N–H and O–H groups in total. The third-order valence-corrected chi connectivity index (χ3v) is 4.46. The number of nitrogens with zero attached hydrogens (tertiary/aromatic N) is 1. The van der Waals surface area contributed by atoms with Crippen LogP contribution < -0.4 is 10.6 Å². The summed E-state index contributed by atoms with van der Waals surface area (Å²) in [6.07, 6.45) is 3.37. The second kappa shape index (κ2) is 10.0. The van der Waals surface area contributed by atoms with E-state index in [9.17, 15) is 23.5 Å². The maximum Gasteiger partial charge on any atom is 0.270 e. The molecule has 0 bridgehead atoms. The van der Waals surface area contributed by atoms with Crippen molar-refractivity contribution in [1.82, 2.24) is 15.6 Å². The highest BCUT2D eigenvalue weighted by atomic mass is 19.1. The van der Waals surface area contributed by atoms with Gasteiger partial charge in [0, 0.05) is 18.8 Å². The number of halogens is 2. The first-order chi connectivity index (χ1) is 14.4. The van der Waals surface area contributed by atoms with Crippen LogP contribution in [0, 0.1) is 11.6 Å². The fraction of sp³-hybridized carbons (Fsp3) is 0.286. The highest BCUT2D eigenvalue weighted by Crippen LogP contribution is 2.16. The zero-order chi connectivity index (χ0) is 21.5. The molecular formula is C21H21F2N3O4. The molecule has 0 spiro atoms. The van der Waals surface area contributed by atoms with Gasteiger partial charge in [-0.25, -0.2) is 8.78 Å². The summed E-state index contributed by atoms with van der Waals surface area (Å²) < 4.78 is 32.1. The van der Waals surface area contributed by atoms with E-state index in [-0.39, 0.29) is 31.2 Å². The quantitative estimate of drug-likeness (QED) is 0.593. The third kappa shape index (κ3) is 5.91. The van der Waals surface area contributed by atoms with Crippen LogP contribution in [-0.4, -0.2) is 46.8 Å². The number of nitrogens with one attached hydrogen (secondary N) is 2. The average Bonchev–Trinajstić information content (AvgIpc) is 2.73. The summed E-state index contributed by atoms with van der Waals surface area (Å²) in [7, 11) is 0. The predicted octanol–water partition coefficient (Wildman–Crippen LogP) is 1.48. The Morgan fingerprint density at radius 3 is 2.57 bits per heavy atom. The van der Waals surface area contributed by atoms with Crippen molar-refractivity contribution >= 4 is 11.8 Å². The number of amides is 2. The number of benzene rings is 1. The fourth-order valence-electron chi connectivity index (χ4n) is 3.03. The smallest absolute Gasteiger partial charge is 0.270 e. The summed E-state index contributed by atoms with van der Waals surface area (Å²) in [5.74, 6) is -2.24. The van der Waals surface area contributed by atoms with Gasteiger partial charge in [-0.15, -0.1) is 0 Å². The topological polar surface area (TPSA) is 101 Å². The Bertz CT molecular complexity index is 903. The number of hydrogen-bond acceptors (Lipinski definition) is 5. The first-order valence-electron chi connectivity index (χ1n) is 9.33. The van der Waals surface area contributed by atoms with Crippen molar-refractivity contribution in [1.29, 1.82) is 0 Å². The molecule has 0 saturated heterocycles. The van der Waals surface area contributed by atoms with E-state index in [2.05, 4.69) is 15.6 Å². The van der Waals surface area contributed by atoms with Gasteiger partial charge in [-0.05, 0) is 29.8 Å². The minimum atomic E-state index is -0.738. The molecule has 0 unspecified atom stereocenters. The number of aliphatic hydroxyl groups excluding tert-OH is 1. The highest BCUT2D eigenvalue weighted by molar-refractivity contribution is 5.92. The van der Waals surface area contributed by atoms with E-state index in [1.54, 1.807) is 30.4 Å². The molecule has 30 heavy (non-hydrogen) atoms. The number of aliphatic hydroxyl groups is 1. The second-order valence-electron chi connectivity index (χ2n) is 6.75. The van der Waals surface area contributed by atoms with Crippen LogP contribution in [0.15, 0.2) is 54.7 Å². The fourth-order valence-corrected chi connectivity index (χ4v) is 3.03. The van der Waals surface area contributed by atoms with Gasteiger partial charge in [-0.1, -0.05) is 18.2 Å². The van der Waals surface area contributed by atoms with Crippen LogP contribution in [0.4, 0.5) is 8.78 Å². The summed E-state index contributed by atoms with van der Waals surface area (Å²) in [6, 6.07) is 7.38. The van der Waals surface area contributed by atoms with E-state index in [0.29, 0.717) is 5.56 Å². The Kier molecular flexibility index (Phi) is 7.21. The van der Waals surface area contributed by atoms with Gasteiger partial charge in [-0.3, -0.25) is 14.6 Å². The summed E-state index contributed by atoms with van der Waals surface area (Å²) >= 11 is 0. The van der Waals surface area contributed by atoms with E-state index in [1.807, 2.05) is 0 Å². The lowest BCUT2D eigenvalue weighted by Gasteiger charge is -2.31. The van der Waals surface area contributed by atoms with Gasteiger partial charge in [0.2, 0.25) is 5.91 Å². The SMILES string of the molecule is O=C(C[C@H]1C=C[C@@H](NC(=O)c2ccccn2)[C@@H](CO)O1)NCc1cc(F)cc(F)c1. The van der Waals surface area contributed by atoms with Gasteiger partial charge in [0.1, 0.15) is 23.4 Å². The summed E-state index contributed by atoms with van der Waals surface area (Å²) in [6.45, 7) is -0.395. The van der Waals surface area contributed by atoms with Gasteiger partial charge in [-0.2, -0.15) is 0 Å². The molecule has 2 heterocycles. The minimum absolute atomic E-state index is 0.0316. The standard InChI is InChI=1S/C21H21F2N3O4/c22-14-7-13(8-15(23)9-14)11-25-20(28)10-16-4-5-17(19(12-27)30-16)26-21(29)18-3-1-2-6-24-18/h1-9,16-17,19,27H,10-12H2,(H,25,28)(H,26,29)/t16-,17-,19-/m1/s1. The molecule has 0 saturated carbocycles. The first kappa shape index (κ1) is 21.5. The first-order valence-corrected chi connectivity index (χ1v) is 9.33. The Morgan fingerprint density at radius 1 is 1.13 bits per heavy atom. The summed E-state index contributed by atoms with van der Waals surface area (Å²) in [5, 5.41) is 14.9. The molecule has 3 rings (SSSR count). The molecule has 1 aliphatic rings. The van der Waals surface area contributed by atoms with Crippen molar-refractivity contribution in [3.8, 4) is 0 Å². The van der Waals surface area contributed by atoms with Crippen molar-refractivity contribution in [2.45, 2.75) is 31.2 Å². The van der Waals surface area contributed by atoms with E-state index in [4.69, 9.17) is 4.74 Å². The number of rotatable bonds is 7. The highest BCUT2D eigenvalue weighted by Gasteiger charge is 2.29. The maximum absolute atomic E-state index is 13.2. The zero-order valence-electron chi connectivity index (χ0n) is 15.9. The van der Waals surface area contributed by atoms with Crippen molar-refractivity contribution in [2.24, 2.45) is 0 Å². The van der Waals surface area contributed by atoms with Gasteiger partial charge in [0.05, 0.1) is 25.2 Å². The monoisotopic (exact) mass is 417 g/mol. The number of aromatic nitrogens is 1. The second-order valence-corrected chi connectivity index (χ2v) is 6.75. The molecule has 158 valence electrons. The van der Waals surface area contributed by atoms with Gasteiger partial charge >= 0.3 is 0 Å². The van der Waals surface area contributed by atoms with Crippen molar-refractivity contribution < 1.29 is 28.2 Å². The van der Waals surface area contributed by atoms with Crippen molar-refractivity contribution in [3.05, 3.63) is 77.6 Å². The Balaban J connectivity index is 1.53. The normalized spacial score (nSPS) is 20.6. The Labute approximate surface area is 171 Å². The van der Waals surface area contributed by atoms with Gasteiger partial charge in [0.15, 0.2) is 0 Å². The molecule has 9 heteroatoms. The van der Waals surface area contributed by atoms with E-state index in [0.717, 1.165) is 18.2 Å². The van der Waals surface area contributed by atoms with Crippen LogP contribution in [0.5, 0.6) is 0 Å². The molecule has 3 atom stereocenters. The van der Waals surface area contributed by atoms with Crippen LogP contribution in [0.1, 0.15) is 22.5 Å². The molecule has 2 amide bonds. The number of ether oxygens (including phenoxy) is 1. The minimum Gasteiger partial charge on any atom is -0.394 e. The van der Waals surface area contributed by atoms with Crippen LogP contribution >= 0.6 is 0 Å². The van der Waals surface area contributed by atoms with Crippen LogP contribution in [0.25, 0.3) is 0 Å². The summed E-state index contributed by atoms with van der Waals surface area (Å²) in [5.41, 5.74) is 0.532. The molecule has 0 radical (unpaired) electrons. The van der Waals surface area contributed by atoms with Gasteiger partial charge < -0.3 is 20.5 Å². The largest absolute Gasteiger partial charge is 0.394 e. The van der Waals surface area contributed by atoms with Crippen LogP contribution in [0.2, 0.25) is 0 Å². The lowest BCUT2D eigenvalue weighted by atomic mass is 10.0. The Hall–Kier alpha value is -3.17. The predicted molar refractivity (Wildman–Crippen MR) is 103 cm³/mol.